The summed E-state index contributed by atoms with van der Waals surface area (Å²) in [6.07, 6.45) is 0.0412. The second kappa shape index (κ2) is 5.65. The highest BCUT2D eigenvalue weighted by Crippen LogP contribution is 2.18. The van der Waals surface area contributed by atoms with Crippen LogP contribution in [0.3, 0.4) is 0 Å². The molecule has 0 heterocycles. The first-order valence-electron chi connectivity index (χ1n) is 6.13. The second-order valence-electron chi connectivity index (χ2n) is 4.53. The highest BCUT2D eigenvalue weighted by atomic mass is 19.1. The topological polar surface area (TPSA) is 26.3 Å². The normalized spacial score (nSPS) is 10.5. The van der Waals surface area contributed by atoms with Crippen molar-refractivity contribution < 1.29 is 13.9 Å². The van der Waals surface area contributed by atoms with Gasteiger partial charge in [0, 0.05) is 11.1 Å². The van der Waals surface area contributed by atoms with Gasteiger partial charge in [0.1, 0.15) is 11.6 Å². The molecule has 0 unspecified atom stereocenters. The Hall–Kier alpha value is -2.16. The van der Waals surface area contributed by atoms with Gasteiger partial charge in [-0.2, -0.15) is 0 Å². The molecule has 2 rings (SSSR count). The number of ether oxygens (including phenoxy) is 1. The number of carbonyl (C=O) groups is 1. The lowest BCUT2D eigenvalue weighted by Crippen LogP contribution is -2.07. The lowest BCUT2D eigenvalue weighted by atomic mass is 10.0. The van der Waals surface area contributed by atoms with Crippen LogP contribution in [0.5, 0.6) is 5.75 Å². The van der Waals surface area contributed by atoms with Crippen LogP contribution in [0.1, 0.15) is 29.8 Å². The van der Waals surface area contributed by atoms with E-state index in [2.05, 4.69) is 0 Å². The van der Waals surface area contributed by atoms with Crippen molar-refractivity contribution in [3.05, 3.63) is 65.5 Å². The zero-order chi connectivity index (χ0) is 13.8. The largest absolute Gasteiger partial charge is 0.491 e. The molecule has 2 aromatic rings. The first-order valence-corrected chi connectivity index (χ1v) is 6.13. The smallest absolute Gasteiger partial charge is 0.193 e. The van der Waals surface area contributed by atoms with Crippen molar-refractivity contribution in [3.63, 3.8) is 0 Å². The van der Waals surface area contributed by atoms with E-state index in [9.17, 15) is 9.18 Å². The molecule has 0 saturated carbocycles. The van der Waals surface area contributed by atoms with E-state index in [4.69, 9.17) is 4.74 Å². The van der Waals surface area contributed by atoms with E-state index in [1.165, 1.54) is 18.2 Å². The predicted octanol–water partition coefficient (Wildman–Crippen LogP) is 3.84. The maximum atomic E-state index is 13.1. The van der Waals surface area contributed by atoms with Gasteiger partial charge >= 0.3 is 0 Å². The van der Waals surface area contributed by atoms with Gasteiger partial charge in [-0.25, -0.2) is 4.39 Å². The van der Waals surface area contributed by atoms with Crippen LogP contribution in [0, 0.1) is 5.82 Å². The number of ketones is 1. The fraction of sp³-hybridized carbons (Fsp3) is 0.188. The van der Waals surface area contributed by atoms with Crippen molar-refractivity contribution in [1.82, 2.24) is 0 Å². The second-order valence-corrected chi connectivity index (χ2v) is 4.53. The van der Waals surface area contributed by atoms with Crippen LogP contribution >= 0.6 is 0 Å². The predicted molar refractivity (Wildman–Crippen MR) is 72.0 cm³/mol. The fourth-order valence-corrected chi connectivity index (χ4v) is 1.78. The molecule has 0 aliphatic heterocycles. The van der Waals surface area contributed by atoms with Crippen molar-refractivity contribution in [3.8, 4) is 5.75 Å². The Balaban J connectivity index is 2.29. The molecule has 0 bridgehead atoms. The summed E-state index contributed by atoms with van der Waals surface area (Å²) in [5.41, 5.74) is 0.824. The van der Waals surface area contributed by atoms with E-state index in [1.807, 2.05) is 13.8 Å². The number of hydrogen-bond donors (Lipinski definition) is 0. The summed E-state index contributed by atoms with van der Waals surface area (Å²) >= 11 is 0. The molecular formula is C16H15FO2. The average molecular weight is 258 g/mol. The van der Waals surface area contributed by atoms with E-state index in [0.29, 0.717) is 16.9 Å². The molecule has 0 N–H and O–H groups in total. The first-order chi connectivity index (χ1) is 9.06. The van der Waals surface area contributed by atoms with Crippen molar-refractivity contribution in [1.29, 1.82) is 0 Å². The maximum Gasteiger partial charge on any atom is 0.193 e. The lowest BCUT2D eigenvalue weighted by Gasteiger charge is -2.10. The number of rotatable bonds is 4. The Morgan fingerprint density at radius 2 is 1.68 bits per heavy atom. The van der Waals surface area contributed by atoms with Gasteiger partial charge in [-0.3, -0.25) is 4.79 Å². The highest BCUT2D eigenvalue weighted by Gasteiger charge is 2.11. The van der Waals surface area contributed by atoms with Crippen molar-refractivity contribution in [2.24, 2.45) is 0 Å². The minimum absolute atomic E-state index is 0.0412. The van der Waals surface area contributed by atoms with Crippen LogP contribution in [0.25, 0.3) is 0 Å². The molecule has 98 valence electrons. The molecule has 0 fully saturated rings. The summed E-state index contributed by atoms with van der Waals surface area (Å²) in [5.74, 6) is 0.00592. The van der Waals surface area contributed by atoms with Gasteiger partial charge in [-0.1, -0.05) is 24.3 Å². The molecule has 3 heteroatoms. The standard InChI is InChI=1S/C16H15FO2/c1-11(2)19-15-8-4-6-13(10-15)16(18)12-5-3-7-14(17)9-12/h3-11H,1-2H3. The summed E-state index contributed by atoms with van der Waals surface area (Å²) < 4.78 is 18.7. The summed E-state index contributed by atoms with van der Waals surface area (Å²) in [4.78, 5) is 12.2. The zero-order valence-corrected chi connectivity index (χ0v) is 10.9. The lowest BCUT2D eigenvalue weighted by molar-refractivity contribution is 0.103. The number of halogens is 1. The molecule has 0 spiro atoms. The third-order valence-corrected chi connectivity index (χ3v) is 2.55. The van der Waals surface area contributed by atoms with Crippen LogP contribution in [0.4, 0.5) is 4.39 Å². The molecule has 0 saturated heterocycles. The summed E-state index contributed by atoms with van der Waals surface area (Å²) in [6.45, 7) is 3.84. The summed E-state index contributed by atoms with van der Waals surface area (Å²) in [6, 6.07) is 12.6. The van der Waals surface area contributed by atoms with Crippen LogP contribution in [-0.2, 0) is 0 Å². The fourth-order valence-electron chi connectivity index (χ4n) is 1.78. The molecule has 0 atom stereocenters. The average Bonchev–Trinajstić information content (AvgIpc) is 2.37. The Kier molecular flexibility index (Phi) is 3.95. The van der Waals surface area contributed by atoms with Crippen LogP contribution < -0.4 is 4.74 Å². The van der Waals surface area contributed by atoms with Gasteiger partial charge in [0.2, 0.25) is 0 Å². The Labute approximate surface area is 111 Å². The molecule has 0 aromatic heterocycles. The third-order valence-electron chi connectivity index (χ3n) is 2.55. The quantitative estimate of drug-likeness (QED) is 0.779. The van der Waals surface area contributed by atoms with Gasteiger partial charge in [0.25, 0.3) is 0 Å². The summed E-state index contributed by atoms with van der Waals surface area (Å²) in [5, 5.41) is 0. The van der Waals surface area contributed by atoms with E-state index in [0.717, 1.165) is 0 Å². The van der Waals surface area contributed by atoms with Crippen LogP contribution in [0.15, 0.2) is 48.5 Å². The number of hydrogen-bond acceptors (Lipinski definition) is 2. The van der Waals surface area contributed by atoms with E-state index >= 15 is 0 Å². The van der Waals surface area contributed by atoms with Crippen LogP contribution in [0.2, 0.25) is 0 Å². The SMILES string of the molecule is CC(C)Oc1cccc(C(=O)c2cccc(F)c2)c1. The molecule has 0 aliphatic rings. The molecule has 2 nitrogen and oxygen atoms in total. The molecule has 0 aliphatic carbocycles. The molecule has 0 radical (unpaired) electrons. The molecule has 0 amide bonds. The molecule has 2 aromatic carbocycles. The molecular weight excluding hydrogens is 243 g/mol. The zero-order valence-electron chi connectivity index (χ0n) is 10.9. The minimum atomic E-state index is -0.416. The molecule has 19 heavy (non-hydrogen) atoms. The van der Waals surface area contributed by atoms with Gasteiger partial charge in [0.15, 0.2) is 5.78 Å². The van der Waals surface area contributed by atoms with Gasteiger partial charge < -0.3 is 4.74 Å². The number of carbonyl (C=O) groups excluding carboxylic acids is 1. The Morgan fingerprint density at radius 1 is 1.05 bits per heavy atom. The van der Waals surface area contributed by atoms with Gasteiger partial charge in [-0.05, 0) is 38.1 Å². The Morgan fingerprint density at radius 3 is 2.32 bits per heavy atom. The monoisotopic (exact) mass is 258 g/mol. The van der Waals surface area contributed by atoms with Crippen LogP contribution in [-0.4, -0.2) is 11.9 Å². The Bertz CT molecular complexity index is 591. The van der Waals surface area contributed by atoms with Crippen molar-refractivity contribution >= 4 is 5.78 Å². The van der Waals surface area contributed by atoms with Crippen molar-refractivity contribution in [2.45, 2.75) is 20.0 Å². The summed E-state index contributed by atoms with van der Waals surface area (Å²) in [7, 11) is 0. The van der Waals surface area contributed by atoms with Gasteiger partial charge in [-0.15, -0.1) is 0 Å². The van der Waals surface area contributed by atoms with E-state index < -0.39 is 5.82 Å². The minimum Gasteiger partial charge on any atom is -0.491 e. The third kappa shape index (κ3) is 3.41. The van der Waals surface area contributed by atoms with E-state index in [-0.39, 0.29) is 11.9 Å². The number of benzene rings is 2. The maximum absolute atomic E-state index is 13.1. The van der Waals surface area contributed by atoms with E-state index in [1.54, 1.807) is 30.3 Å². The highest BCUT2D eigenvalue weighted by molar-refractivity contribution is 6.09. The first kappa shape index (κ1) is 13.3. The van der Waals surface area contributed by atoms with Gasteiger partial charge in [0.05, 0.1) is 6.10 Å². The van der Waals surface area contributed by atoms with Crippen molar-refractivity contribution in [2.75, 3.05) is 0 Å².